The molecule has 1 radical (unpaired) electrons. The van der Waals surface area contributed by atoms with Gasteiger partial charge in [-0.1, -0.05) is 13.8 Å². The second-order valence-corrected chi connectivity index (χ2v) is 8.10. The Hall–Kier alpha value is 0.290. The molecule has 17 heavy (non-hydrogen) atoms. The number of thioether (sulfide) groups is 2. The van der Waals surface area contributed by atoms with Crippen molar-refractivity contribution in [2.24, 2.45) is 17.3 Å². The summed E-state index contributed by atoms with van der Waals surface area (Å²) >= 11 is 3.37. The van der Waals surface area contributed by atoms with Gasteiger partial charge in [0.05, 0.1) is 22.0 Å². The third kappa shape index (κ3) is 2.05. The first-order valence-electron chi connectivity index (χ1n) is 5.85. The summed E-state index contributed by atoms with van der Waals surface area (Å²) in [5.41, 5.74) is -0.353. The molecule has 3 nitrogen and oxygen atoms in total. The van der Waals surface area contributed by atoms with Crippen molar-refractivity contribution in [3.63, 3.8) is 0 Å². The Morgan fingerprint density at radius 3 is 2.59 bits per heavy atom. The van der Waals surface area contributed by atoms with Gasteiger partial charge in [0.25, 0.3) is 0 Å². The van der Waals surface area contributed by atoms with Gasteiger partial charge in [0.15, 0.2) is 0 Å². The molecular weight excluding hydrogens is 256 g/mol. The van der Waals surface area contributed by atoms with Crippen molar-refractivity contribution in [2.75, 3.05) is 6.26 Å². The quantitative estimate of drug-likeness (QED) is 0.795. The molecule has 1 heterocycles. The van der Waals surface area contributed by atoms with Gasteiger partial charge in [-0.05, 0) is 29.9 Å². The first-order valence-corrected chi connectivity index (χ1v) is 8.08. The minimum Gasteiger partial charge on any atom is -0.390 e. The molecule has 6 unspecified atom stereocenters. The average Bonchev–Trinajstić information content (AvgIpc) is 2.65. The zero-order valence-electron chi connectivity index (χ0n) is 10.3. The third-order valence-electron chi connectivity index (χ3n) is 4.27. The maximum Gasteiger partial charge on any atom is 0.212 e. The van der Waals surface area contributed by atoms with E-state index in [1.165, 1.54) is 0 Å². The standard InChI is InChI=1S/C12H19O3S2/c1-12(2)9-6(4-7(14)10(12)15)8(5-13)17-11(9)16-3/h6-11,14-15H,4H2,1-3H3. The lowest BCUT2D eigenvalue weighted by atomic mass is 9.61. The molecule has 6 atom stereocenters. The van der Waals surface area contributed by atoms with Crippen LogP contribution in [0.15, 0.2) is 0 Å². The lowest BCUT2D eigenvalue weighted by Gasteiger charge is -2.48. The van der Waals surface area contributed by atoms with E-state index in [0.717, 1.165) is 0 Å². The monoisotopic (exact) mass is 275 g/mol. The minimum atomic E-state index is -0.719. The van der Waals surface area contributed by atoms with Crippen LogP contribution in [0.25, 0.3) is 0 Å². The number of hydrogen-bond acceptors (Lipinski definition) is 5. The predicted molar refractivity (Wildman–Crippen MR) is 71.8 cm³/mol. The van der Waals surface area contributed by atoms with Gasteiger partial charge in [0, 0.05) is 0 Å². The normalized spacial score (nSPS) is 48.8. The van der Waals surface area contributed by atoms with Crippen LogP contribution in [0.5, 0.6) is 0 Å². The van der Waals surface area contributed by atoms with Crippen LogP contribution in [-0.4, -0.2) is 44.8 Å². The van der Waals surface area contributed by atoms with E-state index in [1.807, 2.05) is 20.1 Å². The number of hydrogen-bond donors (Lipinski definition) is 2. The van der Waals surface area contributed by atoms with Crippen LogP contribution in [0.2, 0.25) is 0 Å². The van der Waals surface area contributed by atoms with E-state index in [2.05, 4.69) is 6.29 Å². The molecule has 0 aromatic carbocycles. The SMILES string of the molecule is CSC1SC([C]=O)C2CC(O)C(O)C(C)(C)C12. The van der Waals surface area contributed by atoms with Gasteiger partial charge < -0.3 is 10.2 Å². The third-order valence-corrected chi connectivity index (χ3v) is 7.24. The Morgan fingerprint density at radius 1 is 1.41 bits per heavy atom. The van der Waals surface area contributed by atoms with Gasteiger partial charge >= 0.3 is 0 Å². The van der Waals surface area contributed by atoms with Crippen LogP contribution in [-0.2, 0) is 4.79 Å². The summed E-state index contributed by atoms with van der Waals surface area (Å²) in [5.74, 6) is 0.399. The first-order chi connectivity index (χ1) is 7.93. The molecule has 0 amide bonds. The number of aliphatic hydroxyl groups excluding tert-OH is 2. The molecule has 97 valence electrons. The fourth-order valence-corrected chi connectivity index (χ4v) is 6.51. The van der Waals surface area contributed by atoms with E-state index >= 15 is 0 Å². The second-order valence-electron chi connectivity index (χ2n) is 5.54. The minimum absolute atomic E-state index is 0.142. The molecule has 2 rings (SSSR count). The Kier molecular flexibility index (Phi) is 3.84. The van der Waals surface area contributed by atoms with Crippen molar-refractivity contribution in [2.45, 2.75) is 42.3 Å². The van der Waals surface area contributed by atoms with Crippen LogP contribution in [0.1, 0.15) is 20.3 Å². The lowest BCUT2D eigenvalue weighted by Crippen LogP contribution is -2.54. The molecule has 2 fully saturated rings. The summed E-state index contributed by atoms with van der Waals surface area (Å²) in [6.07, 6.45) is 3.23. The molecular formula is C12H19O3S2. The number of rotatable bonds is 2. The highest BCUT2D eigenvalue weighted by Crippen LogP contribution is 2.59. The second kappa shape index (κ2) is 4.76. The summed E-state index contributed by atoms with van der Waals surface area (Å²) in [5, 5.41) is 19.9. The predicted octanol–water partition coefficient (Wildman–Crippen LogP) is 1.28. The maximum absolute atomic E-state index is 11.0. The molecule has 0 aromatic heterocycles. The molecule has 2 aliphatic rings. The van der Waals surface area contributed by atoms with E-state index in [4.69, 9.17) is 0 Å². The molecule has 1 saturated heterocycles. The summed E-state index contributed by atoms with van der Waals surface area (Å²) in [7, 11) is 0. The Balaban J connectivity index is 2.33. The van der Waals surface area contributed by atoms with Gasteiger partial charge in [0.2, 0.25) is 6.29 Å². The molecule has 1 saturated carbocycles. The smallest absolute Gasteiger partial charge is 0.212 e. The highest BCUT2D eigenvalue weighted by Gasteiger charge is 2.58. The largest absolute Gasteiger partial charge is 0.390 e. The molecule has 0 spiro atoms. The Labute approximate surface area is 111 Å². The fourth-order valence-electron chi connectivity index (χ4n) is 3.31. The van der Waals surface area contributed by atoms with Crippen molar-refractivity contribution in [1.82, 2.24) is 0 Å². The summed E-state index contributed by atoms with van der Waals surface area (Å²) in [4.78, 5) is 11.0. The molecule has 0 bridgehead atoms. The van der Waals surface area contributed by atoms with Gasteiger partial charge in [-0.15, -0.1) is 11.8 Å². The summed E-state index contributed by atoms with van der Waals surface area (Å²) in [6.45, 7) is 3.99. The molecule has 5 heteroatoms. The van der Waals surface area contributed by atoms with E-state index in [-0.39, 0.29) is 22.5 Å². The zero-order chi connectivity index (χ0) is 12.8. The van der Waals surface area contributed by atoms with Crippen molar-refractivity contribution < 1.29 is 15.0 Å². The molecule has 1 aliphatic carbocycles. The number of fused-ring (bicyclic) bond motifs is 1. The van der Waals surface area contributed by atoms with Crippen LogP contribution < -0.4 is 0 Å². The van der Waals surface area contributed by atoms with E-state index in [1.54, 1.807) is 23.5 Å². The van der Waals surface area contributed by atoms with E-state index in [9.17, 15) is 15.0 Å². The molecule has 1 aliphatic heterocycles. The van der Waals surface area contributed by atoms with Gasteiger partial charge in [0.1, 0.15) is 0 Å². The van der Waals surface area contributed by atoms with Crippen LogP contribution in [0.3, 0.4) is 0 Å². The summed E-state index contributed by atoms with van der Waals surface area (Å²) in [6, 6.07) is 0. The Bertz CT molecular complexity index is 308. The van der Waals surface area contributed by atoms with Gasteiger partial charge in [-0.3, -0.25) is 4.79 Å². The lowest BCUT2D eigenvalue weighted by molar-refractivity contribution is -0.122. The molecule has 0 aromatic rings. The Morgan fingerprint density at radius 2 is 2.06 bits per heavy atom. The van der Waals surface area contributed by atoms with Crippen LogP contribution in [0, 0.1) is 17.3 Å². The van der Waals surface area contributed by atoms with E-state index in [0.29, 0.717) is 11.0 Å². The van der Waals surface area contributed by atoms with Crippen molar-refractivity contribution >= 4 is 29.8 Å². The summed E-state index contributed by atoms with van der Waals surface area (Å²) < 4.78 is 0.309. The van der Waals surface area contributed by atoms with Gasteiger partial charge in [-0.2, -0.15) is 11.8 Å². The fraction of sp³-hybridized carbons (Fsp3) is 0.917. The van der Waals surface area contributed by atoms with Crippen LogP contribution in [0.4, 0.5) is 0 Å². The van der Waals surface area contributed by atoms with Crippen molar-refractivity contribution in [3.05, 3.63) is 0 Å². The highest BCUT2D eigenvalue weighted by atomic mass is 32.2. The zero-order valence-corrected chi connectivity index (χ0v) is 11.9. The van der Waals surface area contributed by atoms with Crippen molar-refractivity contribution in [3.8, 4) is 0 Å². The maximum atomic E-state index is 11.0. The first kappa shape index (κ1) is 13.7. The molecule has 2 N–H and O–H groups in total. The number of carbonyl (C=O) groups excluding carboxylic acids is 1. The van der Waals surface area contributed by atoms with Gasteiger partial charge in [-0.25, -0.2) is 0 Å². The number of aliphatic hydroxyl groups is 2. The van der Waals surface area contributed by atoms with E-state index < -0.39 is 12.2 Å². The highest BCUT2D eigenvalue weighted by molar-refractivity contribution is 8.17. The average molecular weight is 275 g/mol. The van der Waals surface area contributed by atoms with Crippen molar-refractivity contribution in [1.29, 1.82) is 0 Å². The van der Waals surface area contributed by atoms with Crippen LogP contribution >= 0.6 is 23.5 Å². The topological polar surface area (TPSA) is 57.5 Å².